The van der Waals surface area contributed by atoms with E-state index in [2.05, 4.69) is 10.3 Å². The fraction of sp³-hybridized carbons (Fsp3) is 0.455. The van der Waals surface area contributed by atoms with E-state index in [4.69, 9.17) is 28.3 Å². The van der Waals surface area contributed by atoms with Crippen LogP contribution in [-0.4, -0.2) is 22.1 Å². The lowest BCUT2D eigenvalue weighted by Gasteiger charge is -2.21. The number of anilines is 1. The molecule has 0 saturated heterocycles. The van der Waals surface area contributed by atoms with Gasteiger partial charge in [0.15, 0.2) is 0 Å². The summed E-state index contributed by atoms with van der Waals surface area (Å²) in [4.78, 5) is 15.1. The largest absolute Gasteiger partial charge is 0.480 e. The minimum Gasteiger partial charge on any atom is -0.480 e. The van der Waals surface area contributed by atoms with Gasteiger partial charge in [-0.3, -0.25) is 0 Å². The number of nitrogens with zero attached hydrogens (tertiary/aromatic N) is 1. The van der Waals surface area contributed by atoms with E-state index in [0.717, 1.165) is 6.42 Å². The van der Waals surface area contributed by atoms with Gasteiger partial charge in [0.25, 0.3) is 0 Å². The number of nitrogens with one attached hydrogen (secondary N) is 1. The number of carboxylic acids is 1. The lowest BCUT2D eigenvalue weighted by molar-refractivity contribution is -0.139. The third kappa shape index (κ3) is 3.75. The first kappa shape index (κ1) is 14.1. The van der Waals surface area contributed by atoms with Gasteiger partial charge >= 0.3 is 5.97 Å². The molecule has 6 heteroatoms. The van der Waals surface area contributed by atoms with Crippen molar-refractivity contribution in [2.24, 2.45) is 5.92 Å². The predicted molar refractivity (Wildman–Crippen MR) is 68.8 cm³/mol. The van der Waals surface area contributed by atoms with Crippen LogP contribution in [0.3, 0.4) is 0 Å². The maximum Gasteiger partial charge on any atom is 0.326 e. The van der Waals surface area contributed by atoms with Crippen molar-refractivity contribution in [3.05, 3.63) is 22.3 Å². The van der Waals surface area contributed by atoms with Crippen molar-refractivity contribution in [1.82, 2.24) is 4.98 Å². The van der Waals surface area contributed by atoms with Crippen molar-refractivity contribution in [3.63, 3.8) is 0 Å². The lowest BCUT2D eigenvalue weighted by Crippen LogP contribution is -2.35. The van der Waals surface area contributed by atoms with Gasteiger partial charge in [-0.25, -0.2) is 9.78 Å². The van der Waals surface area contributed by atoms with Crippen LogP contribution in [0.15, 0.2) is 12.3 Å². The van der Waals surface area contributed by atoms with Gasteiger partial charge in [-0.05, 0) is 12.0 Å². The maximum atomic E-state index is 11.1. The Labute approximate surface area is 110 Å². The number of pyridine rings is 1. The minimum absolute atomic E-state index is 0.0268. The summed E-state index contributed by atoms with van der Waals surface area (Å²) in [7, 11) is 0. The molecule has 0 fully saturated rings. The number of hydrogen-bond acceptors (Lipinski definition) is 3. The van der Waals surface area contributed by atoms with E-state index in [1.807, 2.05) is 13.8 Å². The zero-order valence-electron chi connectivity index (χ0n) is 9.58. The number of carboxylic acid groups (broad SMARTS) is 1. The predicted octanol–water partition coefficient (Wildman–Crippen LogP) is 3.30. The zero-order valence-corrected chi connectivity index (χ0v) is 11.1. The number of rotatable bonds is 5. The number of aromatic nitrogens is 1. The van der Waals surface area contributed by atoms with Crippen LogP contribution in [0.4, 0.5) is 5.82 Å². The van der Waals surface area contributed by atoms with Gasteiger partial charge in [-0.2, -0.15) is 0 Å². The van der Waals surface area contributed by atoms with E-state index < -0.39 is 12.0 Å². The molecule has 0 aliphatic carbocycles. The summed E-state index contributed by atoms with van der Waals surface area (Å²) in [6.07, 6.45) is 2.17. The Balaban J connectivity index is 2.90. The highest BCUT2D eigenvalue weighted by molar-refractivity contribution is 6.36. The molecule has 17 heavy (non-hydrogen) atoms. The van der Waals surface area contributed by atoms with Crippen molar-refractivity contribution in [1.29, 1.82) is 0 Å². The van der Waals surface area contributed by atoms with Gasteiger partial charge in [0.2, 0.25) is 0 Å². The summed E-state index contributed by atoms with van der Waals surface area (Å²) in [5.74, 6) is -0.614. The van der Waals surface area contributed by atoms with Crippen LogP contribution in [0.1, 0.15) is 20.3 Å². The van der Waals surface area contributed by atoms with Crippen molar-refractivity contribution in [3.8, 4) is 0 Å². The second-order valence-corrected chi connectivity index (χ2v) is 4.67. The average Bonchev–Trinajstić information content (AvgIpc) is 2.26. The molecule has 94 valence electrons. The Morgan fingerprint density at radius 3 is 2.71 bits per heavy atom. The first-order valence-corrected chi connectivity index (χ1v) is 6.01. The van der Waals surface area contributed by atoms with Crippen molar-refractivity contribution >= 4 is 35.0 Å². The summed E-state index contributed by atoms with van der Waals surface area (Å²) in [6.45, 7) is 3.79. The van der Waals surface area contributed by atoms with Gasteiger partial charge < -0.3 is 10.4 Å². The van der Waals surface area contributed by atoms with Gasteiger partial charge in [0, 0.05) is 6.20 Å². The Kier molecular flexibility index (Phi) is 5.02. The molecule has 0 saturated carbocycles. The fourth-order valence-corrected chi connectivity index (χ4v) is 1.79. The molecule has 0 radical (unpaired) electrons. The van der Waals surface area contributed by atoms with Crippen LogP contribution in [0.2, 0.25) is 10.0 Å². The SMILES string of the molecule is CC[C@H](C)[C@H](Nc1ncc(Cl)cc1Cl)C(=O)O. The summed E-state index contributed by atoms with van der Waals surface area (Å²) in [5, 5.41) is 12.7. The monoisotopic (exact) mass is 276 g/mol. The van der Waals surface area contributed by atoms with Crippen LogP contribution in [0, 0.1) is 5.92 Å². The topological polar surface area (TPSA) is 62.2 Å². The molecule has 1 aromatic rings. The molecular weight excluding hydrogens is 263 g/mol. The highest BCUT2D eigenvalue weighted by atomic mass is 35.5. The van der Waals surface area contributed by atoms with E-state index in [1.54, 1.807) is 0 Å². The van der Waals surface area contributed by atoms with Crippen molar-refractivity contribution in [2.45, 2.75) is 26.3 Å². The van der Waals surface area contributed by atoms with Gasteiger partial charge in [0.1, 0.15) is 11.9 Å². The van der Waals surface area contributed by atoms with Gasteiger partial charge in [-0.1, -0.05) is 43.5 Å². The molecule has 0 unspecified atom stereocenters. The Morgan fingerprint density at radius 2 is 2.24 bits per heavy atom. The van der Waals surface area contributed by atoms with Gasteiger partial charge in [0.05, 0.1) is 10.0 Å². The second-order valence-electron chi connectivity index (χ2n) is 3.83. The summed E-state index contributed by atoms with van der Waals surface area (Å²) >= 11 is 11.6. The van der Waals surface area contributed by atoms with Crippen LogP contribution in [0.5, 0.6) is 0 Å². The average molecular weight is 277 g/mol. The molecule has 0 bridgehead atoms. The van der Waals surface area contributed by atoms with Crippen LogP contribution in [-0.2, 0) is 4.79 Å². The van der Waals surface area contributed by atoms with Crippen molar-refractivity contribution in [2.75, 3.05) is 5.32 Å². The fourth-order valence-electron chi connectivity index (χ4n) is 1.35. The lowest BCUT2D eigenvalue weighted by atomic mass is 9.99. The first-order chi connectivity index (χ1) is 7.95. The van der Waals surface area contributed by atoms with Crippen LogP contribution < -0.4 is 5.32 Å². The van der Waals surface area contributed by atoms with E-state index in [9.17, 15) is 4.79 Å². The molecule has 0 spiro atoms. The van der Waals surface area contributed by atoms with Crippen molar-refractivity contribution < 1.29 is 9.90 Å². The molecule has 1 heterocycles. The van der Waals surface area contributed by atoms with Crippen LogP contribution in [0.25, 0.3) is 0 Å². The van der Waals surface area contributed by atoms with E-state index in [0.29, 0.717) is 15.9 Å². The molecule has 0 aliphatic heterocycles. The normalized spacial score (nSPS) is 14.1. The van der Waals surface area contributed by atoms with Crippen LogP contribution >= 0.6 is 23.2 Å². The molecule has 0 amide bonds. The summed E-state index contributed by atoms with van der Waals surface area (Å²) in [6, 6.07) is 0.805. The quantitative estimate of drug-likeness (QED) is 0.866. The Morgan fingerprint density at radius 1 is 1.59 bits per heavy atom. The third-order valence-electron chi connectivity index (χ3n) is 2.58. The molecular formula is C11H14Cl2N2O2. The zero-order chi connectivity index (χ0) is 13.0. The molecule has 2 N–H and O–H groups in total. The minimum atomic E-state index is -0.924. The number of hydrogen-bond donors (Lipinski definition) is 2. The molecule has 0 aromatic carbocycles. The molecule has 4 nitrogen and oxygen atoms in total. The van der Waals surface area contributed by atoms with E-state index in [1.165, 1.54) is 12.3 Å². The number of carbonyl (C=O) groups is 1. The highest BCUT2D eigenvalue weighted by Crippen LogP contribution is 2.24. The smallest absolute Gasteiger partial charge is 0.326 e. The summed E-state index contributed by atoms with van der Waals surface area (Å²) in [5.41, 5.74) is 0. The standard InChI is InChI=1S/C11H14Cl2N2O2/c1-3-6(2)9(11(16)17)15-10-8(13)4-7(12)5-14-10/h4-6,9H,3H2,1-2H3,(H,14,15)(H,16,17)/t6-,9-/m0/s1. The van der Waals surface area contributed by atoms with E-state index >= 15 is 0 Å². The third-order valence-corrected chi connectivity index (χ3v) is 3.07. The molecule has 1 aromatic heterocycles. The van der Waals surface area contributed by atoms with Gasteiger partial charge in [-0.15, -0.1) is 0 Å². The molecule has 1 rings (SSSR count). The highest BCUT2D eigenvalue weighted by Gasteiger charge is 2.24. The molecule has 2 atom stereocenters. The maximum absolute atomic E-state index is 11.1. The number of halogens is 2. The Bertz CT molecular complexity index is 412. The molecule has 0 aliphatic rings. The number of aliphatic carboxylic acids is 1. The second kappa shape index (κ2) is 6.07. The summed E-state index contributed by atoms with van der Waals surface area (Å²) < 4.78 is 0. The first-order valence-electron chi connectivity index (χ1n) is 5.26. The van der Waals surface area contributed by atoms with E-state index in [-0.39, 0.29) is 5.92 Å². The Hall–Kier alpha value is -1.00.